The number of nitrogens with two attached hydrogens (primary N) is 1. The third kappa shape index (κ3) is 2.48. The number of fused-ring (bicyclic) bond motifs is 1. The highest BCUT2D eigenvalue weighted by Gasteiger charge is 2.04. The Labute approximate surface area is 118 Å². The lowest BCUT2D eigenvalue weighted by atomic mass is 10.2. The Bertz CT molecular complexity index is 744. The van der Waals surface area contributed by atoms with Crippen LogP contribution in [0.1, 0.15) is 0 Å². The molecule has 0 bridgehead atoms. The second-order valence-electron chi connectivity index (χ2n) is 3.96. The minimum absolute atomic E-state index is 0.230. The van der Waals surface area contributed by atoms with Crippen LogP contribution in [-0.4, -0.2) is 15.0 Å². The molecule has 0 aliphatic carbocycles. The first-order valence-corrected chi connectivity index (χ1v) is 6.41. The standard InChI is InChI=1S/C13H10BrN5/c14-10-7-17-13(15)19-12(10)18-9-3-4-11-8(6-9)2-1-5-16-11/h1-7H,(H3,15,17,18,19). The molecular weight excluding hydrogens is 306 g/mol. The topological polar surface area (TPSA) is 76.7 Å². The molecule has 0 saturated carbocycles. The molecule has 2 heterocycles. The first kappa shape index (κ1) is 11.9. The molecule has 5 nitrogen and oxygen atoms in total. The number of halogens is 1. The van der Waals surface area contributed by atoms with Gasteiger partial charge in [0, 0.05) is 23.5 Å². The van der Waals surface area contributed by atoms with Crippen molar-refractivity contribution in [2.75, 3.05) is 11.1 Å². The summed E-state index contributed by atoms with van der Waals surface area (Å²) >= 11 is 3.38. The molecule has 0 radical (unpaired) electrons. The van der Waals surface area contributed by atoms with E-state index in [0.717, 1.165) is 21.1 Å². The fraction of sp³-hybridized carbons (Fsp3) is 0. The van der Waals surface area contributed by atoms with Gasteiger partial charge >= 0.3 is 0 Å². The molecule has 3 rings (SSSR count). The van der Waals surface area contributed by atoms with E-state index >= 15 is 0 Å². The van der Waals surface area contributed by atoms with Crippen molar-refractivity contribution in [3.8, 4) is 0 Å². The minimum Gasteiger partial charge on any atom is -0.368 e. The summed E-state index contributed by atoms with van der Waals surface area (Å²) in [5, 5.41) is 4.26. The molecule has 3 N–H and O–H groups in total. The van der Waals surface area contributed by atoms with Gasteiger partial charge in [-0.2, -0.15) is 4.98 Å². The predicted molar refractivity (Wildman–Crippen MR) is 79.2 cm³/mol. The molecule has 0 saturated heterocycles. The summed E-state index contributed by atoms with van der Waals surface area (Å²) in [4.78, 5) is 12.3. The molecule has 0 spiro atoms. The maximum atomic E-state index is 5.58. The highest BCUT2D eigenvalue weighted by molar-refractivity contribution is 9.10. The minimum atomic E-state index is 0.230. The van der Waals surface area contributed by atoms with Crippen molar-refractivity contribution >= 4 is 44.3 Å². The van der Waals surface area contributed by atoms with Crippen molar-refractivity contribution in [2.24, 2.45) is 0 Å². The summed E-state index contributed by atoms with van der Waals surface area (Å²) in [5.41, 5.74) is 7.45. The number of nitrogen functional groups attached to an aromatic ring is 1. The SMILES string of the molecule is Nc1ncc(Br)c(Nc2ccc3ncccc3c2)n1. The summed E-state index contributed by atoms with van der Waals surface area (Å²) in [6, 6.07) is 9.82. The quantitative estimate of drug-likeness (QED) is 0.759. The molecule has 0 atom stereocenters. The third-order valence-electron chi connectivity index (χ3n) is 2.63. The first-order chi connectivity index (χ1) is 9.22. The Kier molecular flexibility index (Phi) is 3.00. The fourth-order valence-electron chi connectivity index (χ4n) is 1.76. The number of anilines is 3. The van der Waals surface area contributed by atoms with Gasteiger partial charge in [-0.25, -0.2) is 4.98 Å². The van der Waals surface area contributed by atoms with Crippen molar-refractivity contribution in [1.82, 2.24) is 15.0 Å². The molecule has 6 heteroatoms. The molecule has 0 fully saturated rings. The number of benzene rings is 1. The Morgan fingerprint density at radius 3 is 2.95 bits per heavy atom. The smallest absolute Gasteiger partial charge is 0.222 e. The van der Waals surface area contributed by atoms with E-state index in [0.29, 0.717) is 5.82 Å². The Morgan fingerprint density at radius 1 is 1.16 bits per heavy atom. The van der Waals surface area contributed by atoms with Crippen LogP contribution in [0.3, 0.4) is 0 Å². The zero-order valence-electron chi connectivity index (χ0n) is 9.84. The van der Waals surface area contributed by atoms with E-state index < -0.39 is 0 Å². The van der Waals surface area contributed by atoms with E-state index in [1.165, 1.54) is 0 Å². The van der Waals surface area contributed by atoms with Gasteiger partial charge in [0.1, 0.15) is 5.82 Å². The van der Waals surface area contributed by atoms with E-state index in [1.807, 2.05) is 30.3 Å². The van der Waals surface area contributed by atoms with Crippen LogP contribution in [0.5, 0.6) is 0 Å². The highest BCUT2D eigenvalue weighted by Crippen LogP contribution is 2.25. The van der Waals surface area contributed by atoms with Gasteiger partial charge in [0.25, 0.3) is 0 Å². The first-order valence-electron chi connectivity index (χ1n) is 5.62. The molecule has 94 valence electrons. The maximum absolute atomic E-state index is 5.58. The number of hydrogen-bond donors (Lipinski definition) is 2. The van der Waals surface area contributed by atoms with Gasteiger partial charge in [0.2, 0.25) is 5.95 Å². The second-order valence-corrected chi connectivity index (χ2v) is 4.81. The van der Waals surface area contributed by atoms with E-state index in [-0.39, 0.29) is 5.95 Å². The van der Waals surface area contributed by atoms with Crippen LogP contribution in [0, 0.1) is 0 Å². The highest BCUT2D eigenvalue weighted by atomic mass is 79.9. The average molecular weight is 316 g/mol. The van der Waals surface area contributed by atoms with Crippen molar-refractivity contribution in [3.05, 3.63) is 47.2 Å². The molecule has 2 aromatic heterocycles. The zero-order valence-corrected chi connectivity index (χ0v) is 11.4. The van der Waals surface area contributed by atoms with Gasteiger partial charge in [0.15, 0.2) is 0 Å². The van der Waals surface area contributed by atoms with Gasteiger partial charge in [-0.15, -0.1) is 0 Å². The average Bonchev–Trinajstić information content (AvgIpc) is 2.43. The van der Waals surface area contributed by atoms with Crippen LogP contribution < -0.4 is 11.1 Å². The fourth-order valence-corrected chi connectivity index (χ4v) is 2.05. The van der Waals surface area contributed by atoms with E-state index in [4.69, 9.17) is 5.73 Å². The number of nitrogens with zero attached hydrogens (tertiary/aromatic N) is 3. The normalized spacial score (nSPS) is 10.6. The number of hydrogen-bond acceptors (Lipinski definition) is 5. The van der Waals surface area contributed by atoms with Gasteiger partial charge in [0.05, 0.1) is 9.99 Å². The molecule has 0 aliphatic heterocycles. The third-order valence-corrected chi connectivity index (χ3v) is 3.21. The second kappa shape index (κ2) is 4.81. The lowest BCUT2D eigenvalue weighted by Crippen LogP contribution is -2.00. The van der Waals surface area contributed by atoms with Crippen LogP contribution in [0.2, 0.25) is 0 Å². The van der Waals surface area contributed by atoms with Crippen LogP contribution in [0.15, 0.2) is 47.2 Å². The van der Waals surface area contributed by atoms with Crippen LogP contribution >= 0.6 is 15.9 Å². The Hall–Kier alpha value is -2.21. The molecular formula is C13H10BrN5. The van der Waals surface area contributed by atoms with Crippen LogP contribution in [0.25, 0.3) is 10.9 Å². The Morgan fingerprint density at radius 2 is 2.05 bits per heavy atom. The van der Waals surface area contributed by atoms with Crippen LogP contribution in [-0.2, 0) is 0 Å². The monoisotopic (exact) mass is 315 g/mol. The molecule has 3 aromatic rings. The van der Waals surface area contributed by atoms with Gasteiger partial charge < -0.3 is 11.1 Å². The van der Waals surface area contributed by atoms with E-state index in [2.05, 4.69) is 36.2 Å². The van der Waals surface area contributed by atoms with Crippen LogP contribution in [0.4, 0.5) is 17.5 Å². The summed E-state index contributed by atoms with van der Waals surface area (Å²) < 4.78 is 0.757. The summed E-state index contributed by atoms with van der Waals surface area (Å²) in [6.07, 6.45) is 3.39. The van der Waals surface area contributed by atoms with Gasteiger partial charge in [-0.3, -0.25) is 4.98 Å². The van der Waals surface area contributed by atoms with Crippen molar-refractivity contribution in [3.63, 3.8) is 0 Å². The van der Waals surface area contributed by atoms with Crippen molar-refractivity contribution in [2.45, 2.75) is 0 Å². The lowest BCUT2D eigenvalue weighted by molar-refractivity contribution is 1.17. The summed E-state index contributed by atoms with van der Waals surface area (Å²) in [5.74, 6) is 0.865. The predicted octanol–water partition coefficient (Wildman–Crippen LogP) is 3.11. The largest absolute Gasteiger partial charge is 0.368 e. The number of aromatic nitrogens is 3. The van der Waals surface area contributed by atoms with Gasteiger partial charge in [-0.1, -0.05) is 6.07 Å². The van der Waals surface area contributed by atoms with Gasteiger partial charge in [-0.05, 0) is 40.2 Å². The lowest BCUT2D eigenvalue weighted by Gasteiger charge is -2.08. The Balaban J connectivity index is 1.98. The number of pyridine rings is 1. The van der Waals surface area contributed by atoms with E-state index in [9.17, 15) is 0 Å². The number of nitrogens with one attached hydrogen (secondary N) is 1. The van der Waals surface area contributed by atoms with E-state index in [1.54, 1.807) is 12.4 Å². The molecule has 19 heavy (non-hydrogen) atoms. The molecule has 0 amide bonds. The zero-order chi connectivity index (χ0) is 13.2. The van der Waals surface area contributed by atoms with Crippen molar-refractivity contribution < 1.29 is 0 Å². The molecule has 1 aromatic carbocycles. The summed E-state index contributed by atoms with van der Waals surface area (Å²) in [7, 11) is 0. The van der Waals surface area contributed by atoms with Crippen molar-refractivity contribution in [1.29, 1.82) is 0 Å². The summed E-state index contributed by atoms with van der Waals surface area (Å²) in [6.45, 7) is 0. The maximum Gasteiger partial charge on any atom is 0.222 e. The molecule has 0 unspecified atom stereocenters. The molecule has 0 aliphatic rings. The number of rotatable bonds is 2.